The van der Waals surface area contributed by atoms with E-state index in [9.17, 15) is 4.79 Å². The van der Waals surface area contributed by atoms with Crippen molar-refractivity contribution in [2.75, 3.05) is 20.2 Å². The van der Waals surface area contributed by atoms with E-state index in [-0.39, 0.29) is 11.2 Å². The van der Waals surface area contributed by atoms with Crippen molar-refractivity contribution in [3.8, 4) is 5.75 Å². The summed E-state index contributed by atoms with van der Waals surface area (Å²) < 4.78 is 5.20. The summed E-state index contributed by atoms with van der Waals surface area (Å²) in [6, 6.07) is 5.25. The number of benzene rings is 1. The number of methoxy groups -OCH3 is 1. The molecule has 0 saturated carbocycles. The first kappa shape index (κ1) is 15.3. The van der Waals surface area contributed by atoms with Gasteiger partial charge in [0.15, 0.2) is 5.78 Å². The SMILES string of the molecule is COc1cc(C(=O)C(C)(C)C2CCCNC2)ccc1Cl. The number of nitrogens with one attached hydrogen (secondary N) is 1. The van der Waals surface area contributed by atoms with Gasteiger partial charge in [0, 0.05) is 11.0 Å². The fraction of sp³-hybridized carbons (Fsp3) is 0.562. The molecule has 1 N–H and O–H groups in total. The van der Waals surface area contributed by atoms with Crippen molar-refractivity contribution in [2.45, 2.75) is 26.7 Å². The van der Waals surface area contributed by atoms with E-state index in [1.807, 2.05) is 13.8 Å². The van der Waals surface area contributed by atoms with E-state index in [0.29, 0.717) is 22.3 Å². The predicted octanol–water partition coefficient (Wildman–Crippen LogP) is 3.56. The van der Waals surface area contributed by atoms with Crippen molar-refractivity contribution in [3.63, 3.8) is 0 Å². The molecule has 0 amide bonds. The van der Waals surface area contributed by atoms with Crippen LogP contribution < -0.4 is 10.1 Å². The predicted molar refractivity (Wildman–Crippen MR) is 81.7 cm³/mol. The maximum absolute atomic E-state index is 12.8. The number of halogens is 1. The van der Waals surface area contributed by atoms with Crippen LogP contribution in [0.25, 0.3) is 0 Å². The van der Waals surface area contributed by atoms with Gasteiger partial charge in [-0.25, -0.2) is 0 Å². The number of ether oxygens (including phenoxy) is 1. The highest BCUT2D eigenvalue weighted by molar-refractivity contribution is 6.32. The number of carbonyl (C=O) groups is 1. The van der Waals surface area contributed by atoms with Gasteiger partial charge in [0.2, 0.25) is 0 Å². The van der Waals surface area contributed by atoms with Crippen LogP contribution in [-0.4, -0.2) is 26.0 Å². The monoisotopic (exact) mass is 295 g/mol. The Kier molecular flexibility index (Phi) is 4.71. The first-order valence-corrected chi connectivity index (χ1v) is 7.43. The van der Waals surface area contributed by atoms with Crippen molar-refractivity contribution in [1.29, 1.82) is 0 Å². The quantitative estimate of drug-likeness (QED) is 0.863. The highest BCUT2D eigenvalue weighted by Crippen LogP contribution is 2.36. The van der Waals surface area contributed by atoms with Gasteiger partial charge < -0.3 is 10.1 Å². The van der Waals surface area contributed by atoms with Gasteiger partial charge in [0.05, 0.1) is 12.1 Å². The third-order valence-electron chi connectivity index (χ3n) is 4.32. The van der Waals surface area contributed by atoms with Gasteiger partial charge in [0.1, 0.15) is 5.75 Å². The van der Waals surface area contributed by atoms with Crippen LogP contribution in [0.5, 0.6) is 5.75 Å². The summed E-state index contributed by atoms with van der Waals surface area (Å²) in [5, 5.41) is 3.91. The zero-order valence-corrected chi connectivity index (χ0v) is 13.1. The summed E-state index contributed by atoms with van der Waals surface area (Å²) >= 11 is 6.02. The Morgan fingerprint density at radius 2 is 2.20 bits per heavy atom. The summed E-state index contributed by atoms with van der Waals surface area (Å²) in [6.07, 6.45) is 2.22. The van der Waals surface area contributed by atoms with Crippen LogP contribution in [0.1, 0.15) is 37.0 Å². The molecule has 1 aromatic rings. The molecule has 0 spiro atoms. The van der Waals surface area contributed by atoms with Crippen molar-refractivity contribution in [3.05, 3.63) is 28.8 Å². The first-order valence-electron chi connectivity index (χ1n) is 7.06. The van der Waals surface area contributed by atoms with E-state index >= 15 is 0 Å². The van der Waals surface area contributed by atoms with Crippen molar-refractivity contribution in [2.24, 2.45) is 11.3 Å². The lowest BCUT2D eigenvalue weighted by molar-refractivity contribution is 0.0708. The Labute approximate surface area is 125 Å². The Hall–Kier alpha value is -1.06. The molecule has 110 valence electrons. The van der Waals surface area contributed by atoms with E-state index in [4.69, 9.17) is 16.3 Å². The summed E-state index contributed by atoms with van der Waals surface area (Å²) in [4.78, 5) is 12.8. The molecule has 1 aliphatic rings. The van der Waals surface area contributed by atoms with E-state index in [2.05, 4.69) is 5.32 Å². The number of hydrogen-bond acceptors (Lipinski definition) is 3. The minimum atomic E-state index is -0.383. The highest BCUT2D eigenvalue weighted by atomic mass is 35.5. The molecule has 1 aromatic carbocycles. The number of hydrogen-bond donors (Lipinski definition) is 1. The van der Waals surface area contributed by atoms with Gasteiger partial charge in [-0.05, 0) is 50.0 Å². The Morgan fingerprint density at radius 1 is 1.45 bits per heavy atom. The minimum Gasteiger partial charge on any atom is -0.495 e. The molecular weight excluding hydrogens is 274 g/mol. The lowest BCUT2D eigenvalue weighted by Crippen LogP contribution is -2.42. The molecule has 0 bridgehead atoms. The number of piperidine rings is 1. The molecule has 1 heterocycles. The van der Waals surface area contributed by atoms with Crippen LogP contribution in [0.15, 0.2) is 18.2 Å². The second-order valence-corrected chi connectivity index (χ2v) is 6.35. The maximum atomic E-state index is 12.8. The van der Waals surface area contributed by atoms with Crippen LogP contribution in [0.4, 0.5) is 0 Å². The molecule has 2 rings (SSSR count). The zero-order chi connectivity index (χ0) is 14.8. The number of carbonyl (C=O) groups excluding carboxylic acids is 1. The second-order valence-electron chi connectivity index (χ2n) is 5.94. The maximum Gasteiger partial charge on any atom is 0.168 e. The van der Waals surface area contributed by atoms with Crippen LogP contribution in [0, 0.1) is 11.3 Å². The fourth-order valence-electron chi connectivity index (χ4n) is 2.83. The van der Waals surface area contributed by atoms with Gasteiger partial charge in [-0.1, -0.05) is 25.4 Å². The number of ketones is 1. The summed E-state index contributed by atoms with van der Waals surface area (Å²) in [6.45, 7) is 6.03. The molecule has 1 unspecified atom stereocenters. The molecule has 1 saturated heterocycles. The Bertz CT molecular complexity index is 493. The molecule has 0 aromatic heterocycles. The van der Waals surface area contributed by atoms with Crippen molar-refractivity contribution in [1.82, 2.24) is 5.32 Å². The van der Waals surface area contributed by atoms with Crippen LogP contribution in [-0.2, 0) is 0 Å². The lowest BCUT2D eigenvalue weighted by Gasteiger charge is -2.36. The Morgan fingerprint density at radius 3 is 2.80 bits per heavy atom. The largest absolute Gasteiger partial charge is 0.495 e. The molecule has 1 atom stereocenters. The van der Waals surface area contributed by atoms with Gasteiger partial charge in [-0.3, -0.25) is 4.79 Å². The van der Waals surface area contributed by atoms with E-state index < -0.39 is 0 Å². The van der Waals surface area contributed by atoms with E-state index in [1.165, 1.54) is 0 Å². The second kappa shape index (κ2) is 6.15. The topological polar surface area (TPSA) is 38.3 Å². The van der Waals surface area contributed by atoms with Crippen molar-refractivity contribution < 1.29 is 9.53 Å². The first-order chi connectivity index (χ1) is 9.46. The van der Waals surface area contributed by atoms with Crippen molar-refractivity contribution >= 4 is 17.4 Å². The molecule has 0 radical (unpaired) electrons. The smallest absolute Gasteiger partial charge is 0.168 e. The van der Waals surface area contributed by atoms with Gasteiger partial charge in [-0.15, -0.1) is 0 Å². The average Bonchev–Trinajstić information content (AvgIpc) is 2.48. The summed E-state index contributed by atoms with van der Waals surface area (Å²) in [5.41, 5.74) is 0.286. The molecule has 4 heteroatoms. The van der Waals surface area contributed by atoms with E-state index in [1.54, 1.807) is 25.3 Å². The fourth-order valence-corrected chi connectivity index (χ4v) is 3.02. The van der Waals surface area contributed by atoms with Crippen LogP contribution in [0.2, 0.25) is 5.02 Å². The third kappa shape index (κ3) is 2.99. The third-order valence-corrected chi connectivity index (χ3v) is 4.63. The standard InChI is InChI=1S/C16H22ClNO2/c1-16(2,12-5-4-8-18-10-12)15(19)11-6-7-13(17)14(9-11)20-3/h6-7,9,12,18H,4-5,8,10H2,1-3H3. The van der Waals surface area contributed by atoms with E-state index in [0.717, 1.165) is 25.9 Å². The lowest BCUT2D eigenvalue weighted by atomic mass is 9.70. The average molecular weight is 296 g/mol. The zero-order valence-electron chi connectivity index (χ0n) is 12.3. The minimum absolute atomic E-state index is 0.154. The summed E-state index contributed by atoms with van der Waals surface area (Å²) in [7, 11) is 1.56. The van der Waals surface area contributed by atoms with Crippen LogP contribution >= 0.6 is 11.6 Å². The molecule has 0 aliphatic carbocycles. The van der Waals surface area contributed by atoms with Gasteiger partial charge in [0.25, 0.3) is 0 Å². The highest BCUT2D eigenvalue weighted by Gasteiger charge is 2.37. The summed E-state index contributed by atoms with van der Waals surface area (Å²) in [5.74, 6) is 1.07. The number of Topliss-reactive ketones (excluding diaryl/α,β-unsaturated/α-hetero) is 1. The number of rotatable bonds is 4. The van der Waals surface area contributed by atoms with Gasteiger partial charge >= 0.3 is 0 Å². The molecular formula is C16H22ClNO2. The molecule has 1 aliphatic heterocycles. The Balaban J connectivity index is 2.24. The normalized spacial score (nSPS) is 19.7. The molecule has 20 heavy (non-hydrogen) atoms. The molecule has 1 fully saturated rings. The van der Waals surface area contributed by atoms with Crippen LogP contribution in [0.3, 0.4) is 0 Å². The van der Waals surface area contributed by atoms with Gasteiger partial charge in [-0.2, -0.15) is 0 Å². The molecule has 3 nitrogen and oxygen atoms in total.